The largest absolute Gasteiger partial charge is 0.478 e. The first-order valence-corrected chi connectivity index (χ1v) is 1.96. The van der Waals surface area contributed by atoms with Crippen molar-refractivity contribution in [3.05, 3.63) is 12.7 Å². The van der Waals surface area contributed by atoms with Crippen molar-refractivity contribution in [3.8, 4) is 6.26 Å². The van der Waals surface area contributed by atoms with Crippen molar-refractivity contribution in [3.63, 3.8) is 0 Å². The first kappa shape index (κ1) is 10.5. The zero-order valence-electron chi connectivity index (χ0n) is 5.00. The molecule has 9 heavy (non-hydrogen) atoms. The maximum absolute atomic E-state index is 9.25. The van der Waals surface area contributed by atoms with Gasteiger partial charge in [-0.1, -0.05) is 6.58 Å². The second kappa shape index (κ2) is 9.71. The summed E-state index contributed by atoms with van der Waals surface area (Å²) < 4.78 is 3.85. The molecule has 0 unspecified atom stereocenters. The quantitative estimate of drug-likeness (QED) is 0.410. The number of rotatable bonds is 1. The van der Waals surface area contributed by atoms with Gasteiger partial charge >= 0.3 is 5.97 Å². The molecule has 0 aliphatic heterocycles. The van der Waals surface area contributed by atoms with Crippen LogP contribution in [0.4, 0.5) is 0 Å². The standard InChI is InChI=1S/C3H4O2.C2H3NO/c1-2-3(4)5;1-4-2-3/h2H,1H2,(H,4,5);1H3. The Balaban J connectivity index is 0. The molecule has 0 spiro atoms. The van der Waals surface area contributed by atoms with Gasteiger partial charge in [0.1, 0.15) is 0 Å². The van der Waals surface area contributed by atoms with Crippen molar-refractivity contribution in [2.24, 2.45) is 0 Å². The van der Waals surface area contributed by atoms with Crippen LogP contribution >= 0.6 is 0 Å². The van der Waals surface area contributed by atoms with Crippen LogP contribution < -0.4 is 0 Å². The van der Waals surface area contributed by atoms with Crippen LogP contribution in [0.15, 0.2) is 12.7 Å². The van der Waals surface area contributed by atoms with E-state index in [1.807, 2.05) is 0 Å². The number of hydrogen-bond donors (Lipinski definition) is 1. The van der Waals surface area contributed by atoms with E-state index in [0.29, 0.717) is 0 Å². The van der Waals surface area contributed by atoms with Gasteiger partial charge in [-0.25, -0.2) is 4.79 Å². The Morgan fingerprint density at radius 3 is 2.22 bits per heavy atom. The monoisotopic (exact) mass is 129 g/mol. The summed E-state index contributed by atoms with van der Waals surface area (Å²) in [7, 11) is 1.32. The number of aliphatic carboxylic acids is 1. The van der Waals surface area contributed by atoms with Crippen LogP contribution in [-0.4, -0.2) is 18.2 Å². The highest BCUT2D eigenvalue weighted by molar-refractivity contribution is 5.78. The van der Waals surface area contributed by atoms with Gasteiger partial charge in [-0.2, -0.15) is 5.26 Å². The van der Waals surface area contributed by atoms with E-state index in [1.165, 1.54) is 13.4 Å². The van der Waals surface area contributed by atoms with Crippen LogP contribution in [0, 0.1) is 11.5 Å². The SMILES string of the molecule is C=CC(=O)O.COC#N. The van der Waals surface area contributed by atoms with Gasteiger partial charge in [0.05, 0.1) is 7.11 Å². The van der Waals surface area contributed by atoms with E-state index >= 15 is 0 Å². The van der Waals surface area contributed by atoms with E-state index in [4.69, 9.17) is 10.4 Å². The highest BCUT2D eigenvalue weighted by atomic mass is 16.5. The summed E-state index contributed by atoms with van der Waals surface area (Å²) in [4.78, 5) is 9.25. The van der Waals surface area contributed by atoms with Crippen LogP contribution in [-0.2, 0) is 9.53 Å². The number of carboxylic acid groups (broad SMARTS) is 1. The highest BCUT2D eigenvalue weighted by Gasteiger charge is 1.73. The van der Waals surface area contributed by atoms with Crippen LogP contribution in [0.1, 0.15) is 0 Å². The van der Waals surface area contributed by atoms with Crippen molar-refractivity contribution in [1.82, 2.24) is 0 Å². The average molecular weight is 129 g/mol. The topological polar surface area (TPSA) is 70.3 Å². The van der Waals surface area contributed by atoms with E-state index in [2.05, 4.69) is 11.3 Å². The minimum absolute atomic E-state index is 0.833. The van der Waals surface area contributed by atoms with Gasteiger partial charge in [0.15, 0.2) is 0 Å². The molecule has 4 nitrogen and oxygen atoms in total. The lowest BCUT2D eigenvalue weighted by Gasteiger charge is -1.64. The van der Waals surface area contributed by atoms with Gasteiger partial charge in [-0.3, -0.25) is 0 Å². The van der Waals surface area contributed by atoms with Crippen molar-refractivity contribution in [2.75, 3.05) is 7.11 Å². The van der Waals surface area contributed by atoms with Gasteiger partial charge in [-0.05, 0) is 0 Å². The van der Waals surface area contributed by atoms with E-state index in [0.717, 1.165) is 6.08 Å². The molecule has 0 aromatic carbocycles. The van der Waals surface area contributed by atoms with Gasteiger partial charge in [0.25, 0.3) is 6.26 Å². The van der Waals surface area contributed by atoms with Crippen LogP contribution in [0.5, 0.6) is 0 Å². The Morgan fingerprint density at radius 2 is 2.22 bits per heavy atom. The number of nitriles is 1. The van der Waals surface area contributed by atoms with Gasteiger partial charge in [0, 0.05) is 6.08 Å². The summed E-state index contributed by atoms with van der Waals surface area (Å²) >= 11 is 0. The summed E-state index contributed by atoms with van der Waals surface area (Å²) in [5.41, 5.74) is 0. The predicted molar refractivity (Wildman–Crippen MR) is 30.5 cm³/mol. The fraction of sp³-hybridized carbons (Fsp3) is 0.200. The lowest BCUT2D eigenvalue weighted by atomic mass is 10.7. The molecular formula is C5H7NO3. The molecule has 0 amide bonds. The molecule has 0 radical (unpaired) electrons. The predicted octanol–water partition coefficient (Wildman–Crippen LogP) is 0.371. The van der Waals surface area contributed by atoms with E-state index in [9.17, 15) is 4.79 Å². The number of carbonyl (C=O) groups is 1. The van der Waals surface area contributed by atoms with Crippen molar-refractivity contribution in [2.45, 2.75) is 0 Å². The molecule has 0 aliphatic carbocycles. The number of hydrogen-bond acceptors (Lipinski definition) is 3. The van der Waals surface area contributed by atoms with Crippen LogP contribution in [0.2, 0.25) is 0 Å². The molecule has 0 rings (SSSR count). The summed E-state index contributed by atoms with van der Waals surface area (Å²) in [5, 5.41) is 15.0. The molecule has 0 aliphatic rings. The Hall–Kier alpha value is -1.50. The fourth-order valence-electron chi connectivity index (χ4n) is 0. The third kappa shape index (κ3) is 58.5. The minimum Gasteiger partial charge on any atom is -0.478 e. The summed E-state index contributed by atoms with van der Waals surface area (Å²) in [5.74, 6) is -0.981. The Kier molecular flexibility index (Phi) is 11.3. The molecule has 0 bridgehead atoms. The highest BCUT2D eigenvalue weighted by Crippen LogP contribution is 1.54. The zero-order valence-corrected chi connectivity index (χ0v) is 5.00. The lowest BCUT2D eigenvalue weighted by molar-refractivity contribution is -0.131. The number of ether oxygens (including phenoxy) is 1. The second-order valence-corrected chi connectivity index (χ2v) is 0.838. The molecule has 4 heteroatoms. The third-order valence-corrected chi connectivity index (χ3v) is 0.266. The Labute approximate surface area is 53.0 Å². The average Bonchev–Trinajstić information content (AvgIpc) is 1.89. The number of methoxy groups -OCH3 is 1. The number of carboxylic acids is 1. The first-order chi connectivity index (χ1) is 4.18. The van der Waals surface area contributed by atoms with Crippen molar-refractivity contribution in [1.29, 1.82) is 5.26 Å². The molecule has 0 fully saturated rings. The maximum atomic E-state index is 9.25. The zero-order chi connectivity index (χ0) is 7.70. The van der Waals surface area contributed by atoms with Crippen LogP contribution in [0.25, 0.3) is 0 Å². The molecule has 0 aromatic heterocycles. The van der Waals surface area contributed by atoms with Gasteiger partial charge in [-0.15, -0.1) is 0 Å². The Morgan fingerprint density at radius 1 is 2.00 bits per heavy atom. The minimum atomic E-state index is -0.981. The van der Waals surface area contributed by atoms with Crippen molar-refractivity contribution < 1.29 is 14.6 Å². The second-order valence-electron chi connectivity index (χ2n) is 0.838. The molecular weight excluding hydrogens is 122 g/mol. The molecule has 50 valence electrons. The molecule has 1 N–H and O–H groups in total. The molecule has 0 atom stereocenters. The fourth-order valence-corrected chi connectivity index (χ4v) is 0. The molecule has 0 aromatic rings. The molecule has 0 saturated heterocycles. The lowest BCUT2D eigenvalue weighted by Crippen LogP contribution is -1.82. The molecule has 0 saturated carbocycles. The number of nitrogens with zero attached hydrogens (tertiary/aromatic N) is 1. The first-order valence-electron chi connectivity index (χ1n) is 1.96. The Bertz CT molecular complexity index is 125. The maximum Gasteiger partial charge on any atom is 0.327 e. The smallest absolute Gasteiger partial charge is 0.327 e. The summed E-state index contributed by atoms with van der Waals surface area (Å²) in [6.07, 6.45) is 2.26. The van der Waals surface area contributed by atoms with E-state index < -0.39 is 5.97 Å². The molecule has 0 heterocycles. The van der Waals surface area contributed by atoms with E-state index in [-0.39, 0.29) is 0 Å². The van der Waals surface area contributed by atoms with E-state index in [1.54, 1.807) is 0 Å². The van der Waals surface area contributed by atoms with Gasteiger partial charge < -0.3 is 9.84 Å². The summed E-state index contributed by atoms with van der Waals surface area (Å²) in [6, 6.07) is 0. The normalized spacial score (nSPS) is 5.33. The van der Waals surface area contributed by atoms with Gasteiger partial charge in [0.2, 0.25) is 0 Å². The van der Waals surface area contributed by atoms with Crippen LogP contribution in [0.3, 0.4) is 0 Å². The third-order valence-electron chi connectivity index (χ3n) is 0.266. The van der Waals surface area contributed by atoms with Crippen molar-refractivity contribution >= 4 is 5.97 Å². The summed E-state index contributed by atoms with van der Waals surface area (Å²) in [6.45, 7) is 2.96.